The molecule has 2 aromatic heterocycles. The highest BCUT2D eigenvalue weighted by atomic mass is 19.4. The molecule has 0 spiro atoms. The van der Waals surface area contributed by atoms with Gasteiger partial charge in [-0.1, -0.05) is 18.1 Å². The predicted octanol–water partition coefficient (Wildman–Crippen LogP) is 4.97. The molecule has 1 aliphatic heterocycles. The lowest BCUT2D eigenvalue weighted by molar-refractivity contribution is -0.137. The summed E-state index contributed by atoms with van der Waals surface area (Å²) in [5.41, 5.74) is 7.66. The summed E-state index contributed by atoms with van der Waals surface area (Å²) in [6.45, 7) is 3.72. The minimum absolute atomic E-state index is 0.153. The Kier molecular flexibility index (Phi) is 7.29. The second kappa shape index (κ2) is 10.7. The van der Waals surface area contributed by atoms with Gasteiger partial charge < -0.3 is 10.6 Å². The number of halogens is 4. The molecule has 0 atom stereocenters. The molecule has 40 heavy (non-hydrogen) atoms. The zero-order chi connectivity index (χ0) is 28.6. The van der Waals surface area contributed by atoms with Crippen molar-refractivity contribution in [2.24, 2.45) is 0 Å². The summed E-state index contributed by atoms with van der Waals surface area (Å²) in [5.74, 6) is 4.70. The highest BCUT2D eigenvalue weighted by molar-refractivity contribution is 5.97. The Balaban J connectivity index is 1.45. The van der Waals surface area contributed by atoms with E-state index in [2.05, 4.69) is 33.8 Å². The lowest BCUT2D eigenvalue weighted by Crippen LogP contribution is -2.32. The first-order valence-corrected chi connectivity index (χ1v) is 12.7. The first-order chi connectivity index (χ1) is 19.0. The van der Waals surface area contributed by atoms with Crippen molar-refractivity contribution in [1.82, 2.24) is 24.6 Å². The van der Waals surface area contributed by atoms with Crippen molar-refractivity contribution < 1.29 is 22.4 Å². The maximum atomic E-state index is 13.8. The quantitative estimate of drug-likeness (QED) is 0.219. The number of fused-ring (bicyclic) bond motifs is 1. The second-order valence-electron chi connectivity index (χ2n) is 10.0. The van der Waals surface area contributed by atoms with E-state index in [1.165, 1.54) is 6.33 Å². The van der Waals surface area contributed by atoms with Gasteiger partial charge in [0.15, 0.2) is 11.4 Å². The Hall–Kier alpha value is -4.30. The van der Waals surface area contributed by atoms with E-state index in [-0.39, 0.29) is 23.8 Å². The van der Waals surface area contributed by atoms with Gasteiger partial charge in [0, 0.05) is 17.5 Å². The van der Waals surface area contributed by atoms with Crippen LogP contribution in [0.15, 0.2) is 42.7 Å². The molecule has 0 saturated carbocycles. The normalized spacial score (nSPS) is 14.8. The summed E-state index contributed by atoms with van der Waals surface area (Å²) in [6, 6.07) is 7.15. The smallest absolute Gasteiger partial charge is 0.383 e. The maximum Gasteiger partial charge on any atom is 0.416 e. The van der Waals surface area contributed by atoms with Gasteiger partial charge in [0.2, 0.25) is 0 Å². The number of hydrogen-bond donors (Lipinski definition) is 1. The van der Waals surface area contributed by atoms with Crippen LogP contribution in [0, 0.1) is 24.6 Å². The molecule has 206 valence electrons. The number of rotatable bonds is 4. The largest absolute Gasteiger partial charge is 0.416 e. The van der Waals surface area contributed by atoms with Crippen molar-refractivity contribution >= 4 is 22.6 Å². The first-order valence-electron chi connectivity index (χ1n) is 12.7. The SMILES string of the molecule is Cc1ccc(CC(=O)c2cc(F)cc(C(F)(F)F)c2)cc1C#Cc1nn(C2CCN(C)CC2)c2ncnc(N)c12. The fourth-order valence-corrected chi connectivity index (χ4v) is 4.82. The summed E-state index contributed by atoms with van der Waals surface area (Å²) in [5, 5.41) is 5.32. The number of benzene rings is 2. The first kappa shape index (κ1) is 27.3. The van der Waals surface area contributed by atoms with Gasteiger partial charge in [-0.25, -0.2) is 19.0 Å². The van der Waals surface area contributed by atoms with Crippen LogP contribution in [0.4, 0.5) is 23.4 Å². The van der Waals surface area contributed by atoms with Crippen LogP contribution in [0.5, 0.6) is 0 Å². The van der Waals surface area contributed by atoms with Crippen molar-refractivity contribution in [3.63, 3.8) is 0 Å². The Morgan fingerprint density at radius 3 is 2.58 bits per heavy atom. The fraction of sp³-hybridized carbons (Fsp3) is 0.310. The van der Waals surface area contributed by atoms with Crippen molar-refractivity contribution in [3.8, 4) is 11.8 Å². The Morgan fingerprint density at radius 1 is 1.10 bits per heavy atom. The number of nitrogens with zero attached hydrogens (tertiary/aromatic N) is 5. The number of aryl methyl sites for hydroxylation is 1. The number of nitrogen functional groups attached to an aromatic ring is 1. The number of hydrogen-bond acceptors (Lipinski definition) is 6. The molecule has 1 saturated heterocycles. The molecule has 4 aromatic rings. The molecule has 11 heteroatoms. The van der Waals surface area contributed by atoms with Gasteiger partial charge >= 0.3 is 6.18 Å². The third-order valence-corrected chi connectivity index (χ3v) is 7.08. The summed E-state index contributed by atoms with van der Waals surface area (Å²) >= 11 is 0. The molecule has 7 nitrogen and oxygen atoms in total. The molecule has 0 amide bonds. The number of likely N-dealkylation sites (tertiary alicyclic amines) is 1. The molecule has 0 aliphatic carbocycles. The van der Waals surface area contributed by atoms with E-state index in [0.29, 0.717) is 40.0 Å². The van der Waals surface area contributed by atoms with E-state index >= 15 is 0 Å². The van der Waals surface area contributed by atoms with Gasteiger partial charge in [-0.2, -0.15) is 18.3 Å². The Morgan fingerprint density at radius 2 is 1.85 bits per heavy atom. The number of alkyl halides is 3. The second-order valence-corrected chi connectivity index (χ2v) is 10.0. The van der Waals surface area contributed by atoms with Gasteiger partial charge in [-0.3, -0.25) is 4.79 Å². The van der Waals surface area contributed by atoms with Gasteiger partial charge in [-0.05, 0) is 81.2 Å². The molecule has 1 fully saturated rings. The molecule has 1 aliphatic rings. The lowest BCUT2D eigenvalue weighted by Gasteiger charge is -2.29. The molecular weight excluding hydrogens is 524 g/mol. The van der Waals surface area contributed by atoms with Crippen LogP contribution >= 0.6 is 0 Å². The number of carbonyl (C=O) groups excluding carboxylic acids is 1. The fourth-order valence-electron chi connectivity index (χ4n) is 4.82. The number of piperidine rings is 1. The van der Waals surface area contributed by atoms with Crippen LogP contribution in [0.25, 0.3) is 11.0 Å². The van der Waals surface area contributed by atoms with Crippen LogP contribution < -0.4 is 5.73 Å². The molecule has 2 N–H and O–H groups in total. The zero-order valence-electron chi connectivity index (χ0n) is 21.9. The molecule has 0 radical (unpaired) electrons. The molecule has 0 bridgehead atoms. The van der Waals surface area contributed by atoms with Crippen molar-refractivity contribution in [3.05, 3.63) is 82.1 Å². The average Bonchev–Trinajstić information content (AvgIpc) is 3.28. The maximum absolute atomic E-state index is 13.8. The lowest BCUT2D eigenvalue weighted by atomic mass is 9.98. The third kappa shape index (κ3) is 5.67. The van der Waals surface area contributed by atoms with E-state index in [9.17, 15) is 22.4 Å². The van der Waals surface area contributed by atoms with Crippen LogP contribution in [-0.4, -0.2) is 50.6 Å². The number of aromatic nitrogens is 4. The number of carbonyl (C=O) groups is 1. The van der Waals surface area contributed by atoms with Crippen molar-refractivity contribution in [2.75, 3.05) is 25.9 Å². The highest BCUT2D eigenvalue weighted by Gasteiger charge is 2.32. The van der Waals surface area contributed by atoms with Crippen LogP contribution in [0.1, 0.15) is 57.2 Å². The van der Waals surface area contributed by atoms with Crippen molar-refractivity contribution in [2.45, 2.75) is 38.4 Å². The topological polar surface area (TPSA) is 89.9 Å². The number of Topliss-reactive ketones (excluding diaryl/α,β-unsaturated/α-hetero) is 1. The summed E-state index contributed by atoms with van der Waals surface area (Å²) in [6.07, 6.45) is -1.75. The van der Waals surface area contributed by atoms with Gasteiger partial charge in [0.05, 0.1) is 17.0 Å². The van der Waals surface area contributed by atoms with Gasteiger partial charge in [0.1, 0.15) is 23.7 Å². The van der Waals surface area contributed by atoms with E-state index in [0.717, 1.165) is 37.6 Å². The summed E-state index contributed by atoms with van der Waals surface area (Å²) in [7, 11) is 2.08. The van der Waals surface area contributed by atoms with Crippen LogP contribution in [0.2, 0.25) is 0 Å². The Bertz CT molecular complexity index is 1660. The van der Waals surface area contributed by atoms with E-state index < -0.39 is 23.3 Å². The minimum atomic E-state index is -4.76. The van der Waals surface area contributed by atoms with Gasteiger partial charge in [-0.15, -0.1) is 0 Å². The molecular formula is C29H26F4N6O. The number of ketones is 1. The van der Waals surface area contributed by atoms with E-state index in [4.69, 9.17) is 10.8 Å². The predicted molar refractivity (Wildman–Crippen MR) is 142 cm³/mol. The summed E-state index contributed by atoms with van der Waals surface area (Å²) in [4.78, 5) is 23.6. The minimum Gasteiger partial charge on any atom is -0.383 e. The third-order valence-electron chi connectivity index (χ3n) is 7.08. The van der Waals surface area contributed by atoms with E-state index in [1.54, 1.807) is 18.2 Å². The molecule has 3 heterocycles. The van der Waals surface area contributed by atoms with Crippen LogP contribution in [-0.2, 0) is 12.6 Å². The highest BCUT2D eigenvalue weighted by Crippen LogP contribution is 2.31. The Labute approximate surface area is 228 Å². The average molecular weight is 551 g/mol. The molecule has 0 unspecified atom stereocenters. The van der Waals surface area contributed by atoms with Gasteiger partial charge in [0.25, 0.3) is 0 Å². The van der Waals surface area contributed by atoms with Crippen LogP contribution in [0.3, 0.4) is 0 Å². The van der Waals surface area contributed by atoms with E-state index in [1.807, 2.05) is 11.6 Å². The molecule has 2 aromatic carbocycles. The zero-order valence-corrected chi connectivity index (χ0v) is 21.9. The molecule has 5 rings (SSSR count). The summed E-state index contributed by atoms with van der Waals surface area (Å²) < 4.78 is 55.0. The standard InChI is InChI=1S/C29H26F4N6O/c1-17-3-4-18(12-25(40)20-13-21(29(31,32)33)15-22(30)14-20)11-19(17)5-6-24-26-27(34)35-16-36-28(26)39(37-24)23-7-9-38(2)10-8-23/h3-4,11,13-16,23H,7-10,12H2,1-2H3,(H2,34,35,36). The number of anilines is 1. The van der Waals surface area contributed by atoms with Crippen molar-refractivity contribution in [1.29, 1.82) is 0 Å². The monoisotopic (exact) mass is 550 g/mol. The number of nitrogens with two attached hydrogens (primary N) is 1.